The van der Waals surface area contributed by atoms with E-state index in [1.165, 1.54) is 11.3 Å². The van der Waals surface area contributed by atoms with Gasteiger partial charge in [0, 0.05) is 50.2 Å². The second kappa shape index (κ2) is 9.50. The molecule has 5 rings (SSSR count). The summed E-state index contributed by atoms with van der Waals surface area (Å²) in [4.78, 5) is 23.7. The lowest BCUT2D eigenvalue weighted by molar-refractivity contribution is 0.313. The number of aryl methyl sites for hydroxylation is 1. The highest BCUT2D eigenvalue weighted by atomic mass is 15.2. The van der Waals surface area contributed by atoms with Gasteiger partial charge in [-0.25, -0.2) is 19.9 Å². The van der Waals surface area contributed by atoms with Crippen LogP contribution < -0.4 is 10.2 Å². The van der Waals surface area contributed by atoms with Crippen LogP contribution in [0.3, 0.4) is 0 Å². The van der Waals surface area contributed by atoms with Gasteiger partial charge in [0.15, 0.2) is 17.3 Å². The molecule has 4 aromatic rings. The van der Waals surface area contributed by atoms with E-state index in [1.807, 2.05) is 13.0 Å². The Morgan fingerprint density at radius 3 is 2.55 bits per heavy atom. The molecule has 1 fully saturated rings. The van der Waals surface area contributed by atoms with Gasteiger partial charge in [0.05, 0.1) is 5.69 Å². The fourth-order valence-corrected chi connectivity index (χ4v) is 4.12. The van der Waals surface area contributed by atoms with Crippen molar-refractivity contribution in [1.82, 2.24) is 24.8 Å². The van der Waals surface area contributed by atoms with Crippen LogP contribution in [0.5, 0.6) is 0 Å². The molecule has 1 N–H and O–H groups in total. The van der Waals surface area contributed by atoms with Crippen LogP contribution in [0.15, 0.2) is 60.8 Å². The van der Waals surface area contributed by atoms with Crippen LogP contribution >= 0.6 is 0 Å². The van der Waals surface area contributed by atoms with E-state index in [-0.39, 0.29) is 0 Å². The minimum atomic E-state index is 0.618. The molecule has 0 atom stereocenters. The van der Waals surface area contributed by atoms with Crippen molar-refractivity contribution in [3.8, 4) is 11.4 Å². The molecule has 2 aromatic heterocycles. The van der Waals surface area contributed by atoms with Crippen molar-refractivity contribution in [3.63, 3.8) is 0 Å². The highest BCUT2D eigenvalue weighted by Gasteiger charge is 2.16. The van der Waals surface area contributed by atoms with E-state index in [9.17, 15) is 0 Å². The molecule has 0 amide bonds. The number of hydrogen-bond donors (Lipinski definition) is 1. The molecule has 0 bridgehead atoms. The van der Waals surface area contributed by atoms with Crippen LogP contribution in [0.2, 0.25) is 0 Å². The van der Waals surface area contributed by atoms with Crippen molar-refractivity contribution in [2.75, 3.05) is 50.0 Å². The summed E-state index contributed by atoms with van der Waals surface area (Å²) in [5.41, 5.74) is 5.64. The topological polar surface area (TPSA) is 70.1 Å². The first-order chi connectivity index (χ1) is 16.2. The van der Waals surface area contributed by atoms with E-state index in [0.717, 1.165) is 56.2 Å². The van der Waals surface area contributed by atoms with Crippen molar-refractivity contribution >= 4 is 22.7 Å². The maximum absolute atomic E-state index is 4.88. The Balaban J connectivity index is 1.45. The summed E-state index contributed by atoms with van der Waals surface area (Å²) >= 11 is 0. The highest BCUT2D eigenvalue weighted by Crippen LogP contribution is 2.26. The van der Waals surface area contributed by atoms with Gasteiger partial charge in [-0.05, 0) is 38.1 Å². The van der Waals surface area contributed by atoms with Crippen molar-refractivity contribution in [2.24, 2.45) is 0 Å². The summed E-state index contributed by atoms with van der Waals surface area (Å²) in [5.74, 6) is 1.39. The third kappa shape index (κ3) is 4.93. The average molecular weight is 440 g/mol. The Kier molecular flexibility index (Phi) is 6.13. The Bertz CT molecular complexity index is 1230. The first-order valence-electron chi connectivity index (χ1n) is 11.5. The van der Waals surface area contributed by atoms with Crippen LogP contribution in [0.1, 0.15) is 11.3 Å². The SMILES string of the molecule is Cc1cnc2c(NCCc3ccccc3)nc(-c3cccc(N4CCN(C)CC4)c3)nc2n1. The number of anilines is 2. The average Bonchev–Trinajstić information content (AvgIpc) is 2.85. The van der Waals surface area contributed by atoms with Gasteiger partial charge < -0.3 is 15.1 Å². The first kappa shape index (κ1) is 21.3. The lowest BCUT2D eigenvalue weighted by Gasteiger charge is -2.34. The van der Waals surface area contributed by atoms with Gasteiger partial charge in [0.25, 0.3) is 0 Å². The van der Waals surface area contributed by atoms with Crippen LogP contribution in [-0.2, 0) is 6.42 Å². The smallest absolute Gasteiger partial charge is 0.184 e. The fourth-order valence-electron chi connectivity index (χ4n) is 4.12. The van der Waals surface area contributed by atoms with Gasteiger partial charge in [0.2, 0.25) is 0 Å². The molecule has 0 unspecified atom stereocenters. The third-order valence-electron chi connectivity index (χ3n) is 6.05. The molecule has 0 aliphatic carbocycles. The van der Waals surface area contributed by atoms with Gasteiger partial charge in [-0.15, -0.1) is 0 Å². The highest BCUT2D eigenvalue weighted by molar-refractivity contribution is 5.84. The molecular formula is C26H29N7. The molecule has 3 heterocycles. The zero-order valence-corrected chi connectivity index (χ0v) is 19.2. The third-order valence-corrected chi connectivity index (χ3v) is 6.05. The second-order valence-corrected chi connectivity index (χ2v) is 8.58. The molecule has 33 heavy (non-hydrogen) atoms. The maximum Gasteiger partial charge on any atom is 0.184 e. The normalized spacial score (nSPS) is 14.5. The molecule has 0 radical (unpaired) electrons. The maximum atomic E-state index is 4.88. The van der Waals surface area contributed by atoms with Crippen molar-refractivity contribution < 1.29 is 0 Å². The predicted molar refractivity (Wildman–Crippen MR) is 134 cm³/mol. The number of rotatable bonds is 6. The zero-order valence-electron chi connectivity index (χ0n) is 19.2. The molecule has 7 nitrogen and oxygen atoms in total. The lowest BCUT2D eigenvalue weighted by atomic mass is 10.1. The lowest BCUT2D eigenvalue weighted by Crippen LogP contribution is -2.44. The number of benzene rings is 2. The van der Waals surface area contributed by atoms with E-state index >= 15 is 0 Å². The molecular weight excluding hydrogens is 410 g/mol. The summed E-state index contributed by atoms with van der Waals surface area (Å²) in [6, 6.07) is 18.9. The molecule has 1 aliphatic rings. The predicted octanol–water partition coefficient (Wildman–Crippen LogP) is 3.80. The molecule has 1 saturated heterocycles. The summed E-state index contributed by atoms with van der Waals surface area (Å²) < 4.78 is 0. The summed E-state index contributed by atoms with van der Waals surface area (Å²) in [5, 5.41) is 3.48. The van der Waals surface area contributed by atoms with E-state index in [2.05, 4.69) is 80.7 Å². The standard InChI is InChI=1S/C26H29N7/c1-19-18-28-23-25(27-12-11-20-7-4-3-5-8-20)30-24(31-26(23)29-19)21-9-6-10-22(17-21)33-15-13-32(2)14-16-33/h3-10,17-18H,11-16H2,1-2H3,(H,27,29,30,31). The largest absolute Gasteiger partial charge is 0.369 e. The Morgan fingerprint density at radius 1 is 0.909 bits per heavy atom. The van der Waals surface area contributed by atoms with E-state index in [0.29, 0.717) is 17.0 Å². The minimum absolute atomic E-state index is 0.618. The molecule has 0 spiro atoms. The Morgan fingerprint density at radius 2 is 1.73 bits per heavy atom. The molecule has 168 valence electrons. The van der Waals surface area contributed by atoms with Crippen molar-refractivity contribution in [2.45, 2.75) is 13.3 Å². The van der Waals surface area contributed by atoms with E-state index in [4.69, 9.17) is 9.97 Å². The number of hydrogen-bond acceptors (Lipinski definition) is 7. The number of piperazine rings is 1. The molecule has 2 aromatic carbocycles. The van der Waals surface area contributed by atoms with Gasteiger partial charge in [-0.1, -0.05) is 42.5 Å². The van der Waals surface area contributed by atoms with E-state index < -0.39 is 0 Å². The Labute approximate surface area is 194 Å². The van der Waals surface area contributed by atoms with Gasteiger partial charge in [-0.3, -0.25) is 0 Å². The van der Waals surface area contributed by atoms with E-state index in [1.54, 1.807) is 6.20 Å². The zero-order chi connectivity index (χ0) is 22.6. The quantitative estimate of drug-likeness (QED) is 0.490. The fraction of sp³-hybridized carbons (Fsp3) is 0.308. The summed E-state index contributed by atoms with van der Waals surface area (Å²) in [7, 11) is 2.17. The van der Waals surface area contributed by atoms with Gasteiger partial charge >= 0.3 is 0 Å². The van der Waals surface area contributed by atoms with Gasteiger partial charge in [-0.2, -0.15) is 0 Å². The van der Waals surface area contributed by atoms with Crippen molar-refractivity contribution in [3.05, 3.63) is 72.1 Å². The van der Waals surface area contributed by atoms with Gasteiger partial charge in [0.1, 0.15) is 5.52 Å². The molecule has 0 saturated carbocycles. The summed E-state index contributed by atoms with van der Waals surface area (Å²) in [6.45, 7) is 6.88. The van der Waals surface area contributed by atoms with Crippen LogP contribution in [0, 0.1) is 6.92 Å². The number of aromatic nitrogens is 4. The Hall–Kier alpha value is -3.58. The van der Waals surface area contributed by atoms with Crippen LogP contribution in [-0.4, -0.2) is 64.6 Å². The second-order valence-electron chi connectivity index (χ2n) is 8.58. The number of nitrogens with zero attached hydrogens (tertiary/aromatic N) is 6. The molecule has 7 heteroatoms. The van der Waals surface area contributed by atoms with Crippen LogP contribution in [0.25, 0.3) is 22.6 Å². The first-order valence-corrected chi connectivity index (χ1v) is 11.5. The minimum Gasteiger partial charge on any atom is -0.369 e. The summed E-state index contributed by atoms with van der Waals surface area (Å²) in [6.07, 6.45) is 2.67. The van der Waals surface area contributed by atoms with Crippen molar-refractivity contribution in [1.29, 1.82) is 0 Å². The monoisotopic (exact) mass is 439 g/mol. The number of fused-ring (bicyclic) bond motifs is 1. The number of nitrogens with one attached hydrogen (secondary N) is 1. The number of likely N-dealkylation sites (N-methyl/N-ethyl adjacent to an activating group) is 1. The van der Waals surface area contributed by atoms with Crippen LogP contribution in [0.4, 0.5) is 11.5 Å². The molecule has 1 aliphatic heterocycles.